The first-order chi connectivity index (χ1) is 10.2. The predicted molar refractivity (Wildman–Crippen MR) is 87.4 cm³/mol. The zero-order valence-corrected chi connectivity index (χ0v) is 13.0. The highest BCUT2D eigenvalue weighted by atomic mass is 15.1. The molecule has 2 aromatic rings. The van der Waals surface area contributed by atoms with Crippen LogP contribution in [0.4, 0.5) is 17.3 Å². The van der Waals surface area contributed by atoms with E-state index >= 15 is 0 Å². The van der Waals surface area contributed by atoms with Crippen LogP contribution in [-0.2, 0) is 19.3 Å². The minimum atomic E-state index is 0.827. The number of hydrogen-bond donors (Lipinski definition) is 2. The molecule has 0 saturated heterocycles. The van der Waals surface area contributed by atoms with Crippen LogP contribution in [0.1, 0.15) is 35.9 Å². The maximum atomic E-state index is 4.63. The molecule has 1 aliphatic carbocycles. The Kier molecular flexibility index (Phi) is 3.78. The van der Waals surface area contributed by atoms with Crippen LogP contribution in [0.25, 0.3) is 0 Å². The van der Waals surface area contributed by atoms with Crippen molar-refractivity contribution in [3.63, 3.8) is 0 Å². The van der Waals surface area contributed by atoms with E-state index in [0.29, 0.717) is 0 Å². The highest BCUT2D eigenvalue weighted by molar-refractivity contribution is 5.65. The van der Waals surface area contributed by atoms with E-state index in [1.54, 1.807) is 0 Å². The molecule has 21 heavy (non-hydrogen) atoms. The smallest absolute Gasteiger partial charge is 0.139 e. The Bertz CT molecular complexity index is 664. The molecule has 0 radical (unpaired) electrons. The van der Waals surface area contributed by atoms with Gasteiger partial charge in [-0.3, -0.25) is 0 Å². The summed E-state index contributed by atoms with van der Waals surface area (Å²) >= 11 is 0. The molecule has 1 aromatic carbocycles. The summed E-state index contributed by atoms with van der Waals surface area (Å²) in [6.07, 6.45) is 4.50. The molecule has 1 aliphatic rings. The third-order valence-corrected chi connectivity index (χ3v) is 4.11. The summed E-state index contributed by atoms with van der Waals surface area (Å²) in [6.45, 7) is 4.12. The molecule has 3 rings (SSSR count). The SMILES string of the molecule is CCc1nc(NC)c(C)c(Nc2ccc3c(c2)CCC3)n1. The van der Waals surface area contributed by atoms with E-state index in [4.69, 9.17) is 0 Å². The first-order valence-corrected chi connectivity index (χ1v) is 7.65. The Balaban J connectivity index is 1.94. The number of benzene rings is 1. The van der Waals surface area contributed by atoms with Crippen LogP contribution >= 0.6 is 0 Å². The van der Waals surface area contributed by atoms with Gasteiger partial charge in [-0.15, -0.1) is 0 Å². The summed E-state index contributed by atoms with van der Waals surface area (Å²) in [7, 11) is 1.90. The van der Waals surface area contributed by atoms with Crippen LogP contribution in [0.3, 0.4) is 0 Å². The van der Waals surface area contributed by atoms with E-state index < -0.39 is 0 Å². The zero-order valence-electron chi connectivity index (χ0n) is 13.0. The van der Waals surface area contributed by atoms with Gasteiger partial charge in [0.25, 0.3) is 0 Å². The van der Waals surface area contributed by atoms with E-state index in [0.717, 1.165) is 35.1 Å². The summed E-state index contributed by atoms with van der Waals surface area (Å²) < 4.78 is 0. The van der Waals surface area contributed by atoms with Gasteiger partial charge >= 0.3 is 0 Å². The van der Waals surface area contributed by atoms with Crippen molar-refractivity contribution in [1.29, 1.82) is 0 Å². The van der Waals surface area contributed by atoms with Gasteiger partial charge in [0.15, 0.2) is 0 Å². The fraction of sp³-hybridized carbons (Fsp3) is 0.412. The van der Waals surface area contributed by atoms with Gasteiger partial charge in [0.1, 0.15) is 17.5 Å². The normalized spacial score (nSPS) is 13.1. The number of hydrogen-bond acceptors (Lipinski definition) is 4. The zero-order chi connectivity index (χ0) is 14.8. The highest BCUT2D eigenvalue weighted by Gasteiger charge is 2.13. The Morgan fingerprint density at radius 2 is 1.86 bits per heavy atom. The molecule has 110 valence electrons. The minimum absolute atomic E-state index is 0.827. The lowest BCUT2D eigenvalue weighted by molar-refractivity contribution is 0.912. The monoisotopic (exact) mass is 282 g/mol. The summed E-state index contributed by atoms with van der Waals surface area (Å²) in [5.74, 6) is 2.64. The standard InChI is InChI=1S/C17H22N4/c1-4-15-20-16(18-3)11(2)17(21-15)19-14-9-8-12-6-5-7-13(12)10-14/h8-10H,4-7H2,1-3H3,(H2,18,19,20,21). The molecule has 1 aromatic heterocycles. The van der Waals surface area contributed by atoms with Crippen molar-refractivity contribution in [2.24, 2.45) is 0 Å². The fourth-order valence-corrected chi connectivity index (χ4v) is 2.87. The molecule has 0 amide bonds. The molecule has 0 saturated carbocycles. The lowest BCUT2D eigenvalue weighted by Crippen LogP contribution is -2.07. The molecule has 0 bridgehead atoms. The molecule has 0 aliphatic heterocycles. The van der Waals surface area contributed by atoms with Crippen LogP contribution in [0.5, 0.6) is 0 Å². The summed E-state index contributed by atoms with van der Waals surface area (Å²) in [5.41, 5.74) is 5.12. The predicted octanol–water partition coefficient (Wildman–Crippen LogP) is 3.62. The fourth-order valence-electron chi connectivity index (χ4n) is 2.87. The van der Waals surface area contributed by atoms with Crippen molar-refractivity contribution in [3.8, 4) is 0 Å². The lowest BCUT2D eigenvalue weighted by atomic mass is 10.1. The van der Waals surface area contributed by atoms with Crippen molar-refractivity contribution in [2.45, 2.75) is 39.5 Å². The van der Waals surface area contributed by atoms with E-state index in [9.17, 15) is 0 Å². The first-order valence-electron chi connectivity index (χ1n) is 7.65. The lowest BCUT2D eigenvalue weighted by Gasteiger charge is -2.14. The van der Waals surface area contributed by atoms with Crippen molar-refractivity contribution in [2.75, 3.05) is 17.7 Å². The third-order valence-electron chi connectivity index (χ3n) is 4.11. The molecule has 0 spiro atoms. The van der Waals surface area contributed by atoms with E-state index in [1.807, 2.05) is 14.0 Å². The van der Waals surface area contributed by atoms with Gasteiger partial charge in [-0.1, -0.05) is 13.0 Å². The molecule has 0 unspecified atom stereocenters. The quantitative estimate of drug-likeness (QED) is 0.899. The Hall–Kier alpha value is -2.10. The Morgan fingerprint density at radius 1 is 1.10 bits per heavy atom. The van der Waals surface area contributed by atoms with Crippen molar-refractivity contribution in [3.05, 3.63) is 40.7 Å². The number of fused-ring (bicyclic) bond motifs is 1. The highest BCUT2D eigenvalue weighted by Crippen LogP contribution is 2.28. The molecule has 0 atom stereocenters. The van der Waals surface area contributed by atoms with Crippen LogP contribution in [-0.4, -0.2) is 17.0 Å². The summed E-state index contributed by atoms with van der Waals surface area (Å²) in [4.78, 5) is 9.13. The van der Waals surface area contributed by atoms with Gasteiger partial charge in [0.05, 0.1) is 0 Å². The van der Waals surface area contributed by atoms with E-state index in [-0.39, 0.29) is 0 Å². The van der Waals surface area contributed by atoms with Crippen LogP contribution in [0, 0.1) is 6.92 Å². The molecule has 2 N–H and O–H groups in total. The molecular weight excluding hydrogens is 260 g/mol. The second-order valence-electron chi connectivity index (χ2n) is 5.53. The maximum Gasteiger partial charge on any atom is 0.139 e. The maximum absolute atomic E-state index is 4.63. The van der Waals surface area contributed by atoms with Gasteiger partial charge in [-0.25, -0.2) is 9.97 Å². The number of aromatic nitrogens is 2. The van der Waals surface area contributed by atoms with Gasteiger partial charge in [-0.05, 0) is 49.4 Å². The van der Waals surface area contributed by atoms with Gasteiger partial charge in [0, 0.05) is 24.7 Å². The van der Waals surface area contributed by atoms with Crippen LogP contribution in [0.2, 0.25) is 0 Å². The topological polar surface area (TPSA) is 49.8 Å². The van der Waals surface area contributed by atoms with Crippen LogP contribution in [0.15, 0.2) is 18.2 Å². The molecule has 1 heterocycles. The van der Waals surface area contributed by atoms with Crippen molar-refractivity contribution < 1.29 is 0 Å². The van der Waals surface area contributed by atoms with Crippen molar-refractivity contribution in [1.82, 2.24) is 9.97 Å². The van der Waals surface area contributed by atoms with Gasteiger partial charge in [-0.2, -0.15) is 0 Å². The van der Waals surface area contributed by atoms with Crippen LogP contribution < -0.4 is 10.6 Å². The second kappa shape index (κ2) is 5.72. The van der Waals surface area contributed by atoms with Gasteiger partial charge in [0.2, 0.25) is 0 Å². The number of nitrogens with one attached hydrogen (secondary N) is 2. The number of anilines is 3. The number of nitrogens with zero attached hydrogens (tertiary/aromatic N) is 2. The average molecular weight is 282 g/mol. The molecule has 4 nitrogen and oxygen atoms in total. The summed E-state index contributed by atoms with van der Waals surface area (Å²) in [6, 6.07) is 6.64. The molecule has 0 fully saturated rings. The Morgan fingerprint density at radius 3 is 2.62 bits per heavy atom. The first kappa shape index (κ1) is 13.9. The van der Waals surface area contributed by atoms with E-state index in [2.05, 4.69) is 45.7 Å². The Labute approximate surface area is 126 Å². The average Bonchev–Trinajstić information content (AvgIpc) is 2.97. The largest absolute Gasteiger partial charge is 0.373 e. The summed E-state index contributed by atoms with van der Waals surface area (Å²) in [5, 5.41) is 6.61. The third kappa shape index (κ3) is 2.71. The number of rotatable bonds is 4. The number of aryl methyl sites for hydroxylation is 3. The molecule has 4 heteroatoms. The minimum Gasteiger partial charge on any atom is -0.373 e. The van der Waals surface area contributed by atoms with Gasteiger partial charge < -0.3 is 10.6 Å². The molecular formula is C17H22N4. The van der Waals surface area contributed by atoms with Crippen molar-refractivity contribution >= 4 is 17.3 Å². The van der Waals surface area contributed by atoms with E-state index in [1.165, 1.54) is 30.4 Å². The second-order valence-corrected chi connectivity index (χ2v) is 5.53.